The van der Waals surface area contributed by atoms with E-state index < -0.39 is 11.4 Å². The Bertz CT molecular complexity index is 351. The van der Waals surface area contributed by atoms with Crippen molar-refractivity contribution < 1.29 is 9.90 Å². The molecule has 1 fully saturated rings. The van der Waals surface area contributed by atoms with Gasteiger partial charge < -0.3 is 10.4 Å². The third-order valence-electron chi connectivity index (χ3n) is 3.19. The van der Waals surface area contributed by atoms with Crippen LogP contribution in [0.2, 0.25) is 0 Å². The second-order valence-corrected chi connectivity index (χ2v) is 4.00. The number of piperidine rings is 1. The summed E-state index contributed by atoms with van der Waals surface area (Å²) in [5, 5.41) is 12.6. The maximum absolute atomic E-state index is 11.4. The van der Waals surface area contributed by atoms with Crippen molar-refractivity contribution in [2.45, 2.75) is 18.3 Å². The molecule has 0 unspecified atom stereocenters. The Balaban J connectivity index is 0.00000128. The van der Waals surface area contributed by atoms with Crippen molar-refractivity contribution in [1.29, 1.82) is 0 Å². The molecule has 2 N–H and O–H groups in total. The summed E-state index contributed by atoms with van der Waals surface area (Å²) in [5.74, 6) is -0.699. The van der Waals surface area contributed by atoms with E-state index >= 15 is 0 Å². The van der Waals surface area contributed by atoms with Gasteiger partial charge in [0.05, 0.1) is 5.41 Å². The van der Waals surface area contributed by atoms with Crippen molar-refractivity contribution in [3.05, 3.63) is 35.9 Å². The minimum Gasteiger partial charge on any atom is -0.481 e. The van der Waals surface area contributed by atoms with E-state index in [9.17, 15) is 9.90 Å². The van der Waals surface area contributed by atoms with Gasteiger partial charge >= 0.3 is 5.97 Å². The van der Waals surface area contributed by atoms with Crippen LogP contribution in [0.3, 0.4) is 0 Å². The molecule has 0 amide bonds. The summed E-state index contributed by atoms with van der Waals surface area (Å²) in [4.78, 5) is 11.4. The molecule has 1 saturated heterocycles. The highest BCUT2D eigenvalue weighted by molar-refractivity contribution is 5.85. The number of nitrogens with one attached hydrogen (secondary N) is 1. The van der Waals surface area contributed by atoms with Crippen LogP contribution < -0.4 is 5.32 Å². The molecule has 0 bridgehead atoms. The Hall–Kier alpha value is -0.770. The lowest BCUT2D eigenvalue weighted by Gasteiger charge is -2.34. The zero-order valence-corrected chi connectivity index (χ0v) is 11.0. The van der Waals surface area contributed by atoms with Gasteiger partial charge in [-0.15, -0.1) is 24.8 Å². The molecule has 0 radical (unpaired) electrons. The molecule has 1 heterocycles. The van der Waals surface area contributed by atoms with Gasteiger partial charge in [0, 0.05) is 0 Å². The van der Waals surface area contributed by atoms with Crippen LogP contribution in [-0.2, 0) is 10.2 Å². The van der Waals surface area contributed by atoms with Gasteiger partial charge in [0.2, 0.25) is 0 Å². The number of rotatable bonds is 2. The summed E-state index contributed by atoms with van der Waals surface area (Å²) >= 11 is 0. The fourth-order valence-electron chi connectivity index (χ4n) is 2.24. The number of halogens is 2. The molecule has 1 aromatic carbocycles. The summed E-state index contributed by atoms with van der Waals surface area (Å²) in [6.45, 7) is 1.56. The van der Waals surface area contributed by atoms with Crippen LogP contribution in [0.4, 0.5) is 0 Å². The number of carboxylic acid groups (broad SMARTS) is 1. The topological polar surface area (TPSA) is 49.3 Å². The second-order valence-electron chi connectivity index (χ2n) is 4.00. The molecule has 5 heteroatoms. The average molecular weight is 278 g/mol. The molecule has 0 aliphatic carbocycles. The minimum atomic E-state index is -0.699. The molecule has 3 nitrogen and oxygen atoms in total. The van der Waals surface area contributed by atoms with Gasteiger partial charge in [0.25, 0.3) is 0 Å². The predicted octanol–water partition coefficient (Wildman–Crippen LogP) is 2.24. The van der Waals surface area contributed by atoms with Crippen molar-refractivity contribution in [1.82, 2.24) is 5.32 Å². The number of carbonyl (C=O) groups is 1. The highest BCUT2D eigenvalue weighted by Crippen LogP contribution is 2.33. The molecule has 1 aliphatic heterocycles. The maximum atomic E-state index is 11.4. The number of hydrogen-bond donors (Lipinski definition) is 2. The Morgan fingerprint density at radius 2 is 1.65 bits per heavy atom. The molecular formula is C12H17Cl2NO2. The zero-order chi connectivity index (χ0) is 10.7. The maximum Gasteiger partial charge on any atom is 0.314 e. The minimum absolute atomic E-state index is 0. The fourth-order valence-corrected chi connectivity index (χ4v) is 2.24. The van der Waals surface area contributed by atoms with Gasteiger partial charge in [-0.2, -0.15) is 0 Å². The number of benzene rings is 1. The van der Waals surface area contributed by atoms with Crippen LogP contribution in [-0.4, -0.2) is 24.2 Å². The van der Waals surface area contributed by atoms with Crippen molar-refractivity contribution in [2.75, 3.05) is 13.1 Å². The van der Waals surface area contributed by atoms with Crippen LogP contribution in [0, 0.1) is 0 Å². The van der Waals surface area contributed by atoms with Crippen molar-refractivity contribution in [2.24, 2.45) is 0 Å². The van der Waals surface area contributed by atoms with E-state index in [1.54, 1.807) is 0 Å². The third kappa shape index (κ3) is 3.12. The van der Waals surface area contributed by atoms with E-state index in [0.717, 1.165) is 18.7 Å². The van der Waals surface area contributed by atoms with Gasteiger partial charge in [-0.25, -0.2) is 0 Å². The lowest BCUT2D eigenvalue weighted by molar-refractivity contribution is -0.145. The molecule has 0 atom stereocenters. The molecular weight excluding hydrogens is 261 g/mol. The standard InChI is InChI=1S/C12H15NO2.2ClH/c14-11(15)12(6-8-13-9-7-12)10-4-2-1-3-5-10;;/h1-5,13H,6-9H2,(H,14,15);2*1H. The van der Waals surface area contributed by atoms with Crippen molar-refractivity contribution in [3.63, 3.8) is 0 Å². The highest BCUT2D eigenvalue weighted by atomic mass is 35.5. The summed E-state index contributed by atoms with van der Waals surface area (Å²) < 4.78 is 0. The van der Waals surface area contributed by atoms with E-state index in [4.69, 9.17) is 0 Å². The van der Waals surface area contributed by atoms with Gasteiger partial charge in [-0.05, 0) is 31.5 Å². The summed E-state index contributed by atoms with van der Waals surface area (Å²) in [6.07, 6.45) is 1.35. The molecule has 2 rings (SSSR count). The van der Waals surface area contributed by atoms with Crippen LogP contribution >= 0.6 is 24.8 Å². The Kier molecular flexibility index (Phi) is 6.53. The monoisotopic (exact) mass is 277 g/mol. The largest absolute Gasteiger partial charge is 0.481 e. The first-order valence-corrected chi connectivity index (χ1v) is 5.25. The van der Waals surface area contributed by atoms with Crippen molar-refractivity contribution in [3.8, 4) is 0 Å². The van der Waals surface area contributed by atoms with Crippen LogP contribution in [0.15, 0.2) is 30.3 Å². The number of hydrogen-bond acceptors (Lipinski definition) is 2. The van der Waals surface area contributed by atoms with E-state index in [0.29, 0.717) is 12.8 Å². The lowest BCUT2D eigenvalue weighted by atomic mass is 9.73. The Morgan fingerprint density at radius 1 is 1.12 bits per heavy atom. The lowest BCUT2D eigenvalue weighted by Crippen LogP contribution is -2.45. The number of aliphatic carboxylic acids is 1. The zero-order valence-electron chi connectivity index (χ0n) is 9.39. The third-order valence-corrected chi connectivity index (χ3v) is 3.19. The van der Waals surface area contributed by atoms with Gasteiger partial charge in [0.15, 0.2) is 0 Å². The smallest absolute Gasteiger partial charge is 0.314 e. The van der Waals surface area contributed by atoms with Crippen molar-refractivity contribution >= 4 is 30.8 Å². The number of carboxylic acids is 1. The first kappa shape index (κ1) is 16.2. The fraction of sp³-hybridized carbons (Fsp3) is 0.417. The average Bonchev–Trinajstić information content (AvgIpc) is 2.31. The highest BCUT2D eigenvalue weighted by Gasteiger charge is 2.40. The molecule has 1 aliphatic rings. The normalized spacial score (nSPS) is 17.4. The van der Waals surface area contributed by atoms with Gasteiger partial charge in [-0.3, -0.25) is 4.79 Å². The van der Waals surface area contributed by atoms with Crippen LogP contribution in [0.1, 0.15) is 18.4 Å². The first-order chi connectivity index (χ1) is 7.26. The van der Waals surface area contributed by atoms with E-state index in [2.05, 4.69) is 5.32 Å². The SMILES string of the molecule is Cl.Cl.O=C(O)C1(c2ccccc2)CCNCC1. The van der Waals surface area contributed by atoms with E-state index in [-0.39, 0.29) is 24.8 Å². The predicted molar refractivity (Wildman–Crippen MR) is 72.4 cm³/mol. The van der Waals surface area contributed by atoms with Crippen LogP contribution in [0.25, 0.3) is 0 Å². The summed E-state index contributed by atoms with van der Waals surface area (Å²) in [6, 6.07) is 9.56. The second kappa shape index (κ2) is 6.84. The van der Waals surface area contributed by atoms with Crippen LogP contribution in [0.5, 0.6) is 0 Å². The molecule has 1 aromatic rings. The van der Waals surface area contributed by atoms with E-state index in [1.807, 2.05) is 30.3 Å². The molecule has 17 heavy (non-hydrogen) atoms. The summed E-state index contributed by atoms with van der Waals surface area (Å²) in [7, 11) is 0. The quantitative estimate of drug-likeness (QED) is 0.872. The molecule has 96 valence electrons. The van der Waals surface area contributed by atoms with E-state index in [1.165, 1.54) is 0 Å². The first-order valence-electron chi connectivity index (χ1n) is 5.25. The Labute approximate surface area is 113 Å². The van der Waals surface area contributed by atoms with Gasteiger partial charge in [0.1, 0.15) is 0 Å². The molecule has 0 aromatic heterocycles. The molecule has 0 spiro atoms. The molecule has 0 saturated carbocycles. The van der Waals surface area contributed by atoms with Gasteiger partial charge in [-0.1, -0.05) is 30.3 Å². The Morgan fingerprint density at radius 3 is 2.12 bits per heavy atom. The summed E-state index contributed by atoms with van der Waals surface area (Å²) in [5.41, 5.74) is 0.256.